The Bertz CT molecular complexity index is 675. The second kappa shape index (κ2) is 5.28. The molecule has 0 bridgehead atoms. The van der Waals surface area contributed by atoms with Crippen LogP contribution in [-0.2, 0) is 17.6 Å². The van der Waals surface area contributed by atoms with Gasteiger partial charge in [-0.2, -0.15) is 0 Å². The van der Waals surface area contributed by atoms with Crippen LogP contribution in [0, 0.1) is 5.92 Å². The molecule has 2 aromatic rings. The molecule has 2 aromatic heterocycles. The third-order valence-corrected chi connectivity index (χ3v) is 4.11. The highest BCUT2D eigenvalue weighted by molar-refractivity contribution is 9.10. The van der Waals surface area contributed by atoms with Crippen molar-refractivity contribution in [2.45, 2.75) is 19.3 Å². The smallest absolute Gasteiger partial charge is 0.306 e. The topological polar surface area (TPSA) is 76.0 Å². The number of aliphatic carboxylic acids is 1. The van der Waals surface area contributed by atoms with E-state index in [0.29, 0.717) is 30.8 Å². The van der Waals surface area contributed by atoms with Crippen LogP contribution in [0.15, 0.2) is 29.0 Å². The molecule has 2 heterocycles. The normalized spacial score (nSPS) is 17.6. The fourth-order valence-electron chi connectivity index (χ4n) is 2.38. The van der Waals surface area contributed by atoms with Crippen LogP contribution in [0.25, 0.3) is 11.5 Å². The number of fused-ring (bicyclic) bond motifs is 1. The van der Waals surface area contributed by atoms with Crippen molar-refractivity contribution in [3.05, 3.63) is 40.3 Å². The van der Waals surface area contributed by atoms with E-state index < -0.39 is 5.97 Å². The molecule has 6 heteroatoms. The summed E-state index contributed by atoms with van der Waals surface area (Å²) in [6, 6.07) is 3.73. The number of pyridine rings is 1. The highest BCUT2D eigenvalue weighted by atomic mass is 79.9. The maximum absolute atomic E-state index is 11.0. The molecule has 0 saturated heterocycles. The lowest BCUT2D eigenvalue weighted by atomic mass is 9.87. The van der Waals surface area contributed by atoms with Crippen molar-refractivity contribution < 1.29 is 9.90 Å². The van der Waals surface area contributed by atoms with E-state index in [1.54, 1.807) is 12.4 Å². The third-order valence-electron chi connectivity index (χ3n) is 3.47. The minimum absolute atomic E-state index is 0.321. The zero-order valence-electron chi connectivity index (χ0n) is 10.6. The van der Waals surface area contributed by atoms with Crippen molar-refractivity contribution in [2.75, 3.05) is 0 Å². The van der Waals surface area contributed by atoms with Crippen molar-refractivity contribution in [2.24, 2.45) is 5.92 Å². The first-order chi connectivity index (χ1) is 9.65. The standard InChI is InChI=1S/C14H12BrN3O2/c15-10-2-1-5-16-12(10)13-17-7-9-6-8(14(19)20)3-4-11(9)18-13/h1-2,5,7-8H,3-4,6H2,(H,19,20). The van der Waals surface area contributed by atoms with Gasteiger partial charge in [-0.3, -0.25) is 9.78 Å². The molecule has 0 aromatic carbocycles. The maximum atomic E-state index is 11.0. The average molecular weight is 334 g/mol. The van der Waals surface area contributed by atoms with Gasteiger partial charge < -0.3 is 5.11 Å². The molecule has 0 saturated carbocycles. The van der Waals surface area contributed by atoms with Crippen molar-refractivity contribution in [3.8, 4) is 11.5 Å². The largest absolute Gasteiger partial charge is 0.481 e. The summed E-state index contributed by atoms with van der Waals surface area (Å²) in [7, 11) is 0. The van der Waals surface area contributed by atoms with Crippen molar-refractivity contribution in [1.29, 1.82) is 0 Å². The molecule has 0 fully saturated rings. The number of halogens is 1. The predicted molar refractivity (Wildman–Crippen MR) is 76.1 cm³/mol. The van der Waals surface area contributed by atoms with Crippen LogP contribution in [-0.4, -0.2) is 26.0 Å². The van der Waals surface area contributed by atoms with E-state index in [9.17, 15) is 4.79 Å². The quantitative estimate of drug-likeness (QED) is 0.913. The molecule has 0 radical (unpaired) electrons. The Hall–Kier alpha value is -1.82. The van der Waals surface area contributed by atoms with Gasteiger partial charge in [0.1, 0.15) is 5.69 Å². The van der Waals surface area contributed by atoms with Crippen LogP contribution in [0.5, 0.6) is 0 Å². The zero-order valence-corrected chi connectivity index (χ0v) is 12.2. The lowest BCUT2D eigenvalue weighted by Gasteiger charge is -2.20. The molecule has 5 nitrogen and oxygen atoms in total. The minimum Gasteiger partial charge on any atom is -0.481 e. The van der Waals surface area contributed by atoms with E-state index in [2.05, 4.69) is 30.9 Å². The lowest BCUT2D eigenvalue weighted by Crippen LogP contribution is -2.23. The van der Waals surface area contributed by atoms with Gasteiger partial charge in [0.25, 0.3) is 0 Å². The highest BCUT2D eigenvalue weighted by Gasteiger charge is 2.25. The first-order valence-corrected chi connectivity index (χ1v) is 7.13. The van der Waals surface area contributed by atoms with Crippen LogP contribution in [0.4, 0.5) is 0 Å². The molecule has 1 atom stereocenters. The van der Waals surface area contributed by atoms with Gasteiger partial charge >= 0.3 is 5.97 Å². The molecule has 1 aliphatic carbocycles. The van der Waals surface area contributed by atoms with E-state index in [1.807, 2.05) is 12.1 Å². The van der Waals surface area contributed by atoms with Gasteiger partial charge in [0.15, 0.2) is 5.82 Å². The summed E-state index contributed by atoms with van der Waals surface area (Å²) in [4.78, 5) is 24.2. The SMILES string of the molecule is O=C(O)C1CCc2nc(-c3ncccc3Br)ncc2C1. The monoisotopic (exact) mass is 333 g/mol. The van der Waals surface area contributed by atoms with Gasteiger partial charge in [0.2, 0.25) is 0 Å². The number of carboxylic acids is 1. The predicted octanol–water partition coefficient (Wildman–Crippen LogP) is 2.49. The molecule has 3 rings (SSSR count). The fraction of sp³-hybridized carbons (Fsp3) is 0.286. The number of rotatable bonds is 2. The Morgan fingerprint density at radius 1 is 1.40 bits per heavy atom. The third kappa shape index (κ3) is 2.43. The number of aromatic nitrogens is 3. The number of hydrogen-bond donors (Lipinski definition) is 1. The van der Waals surface area contributed by atoms with E-state index in [0.717, 1.165) is 15.7 Å². The summed E-state index contributed by atoms with van der Waals surface area (Å²) >= 11 is 3.44. The summed E-state index contributed by atoms with van der Waals surface area (Å²) in [5.74, 6) is -0.490. The van der Waals surface area contributed by atoms with Gasteiger partial charge in [0.05, 0.1) is 5.92 Å². The summed E-state index contributed by atoms with van der Waals surface area (Å²) in [5.41, 5.74) is 2.57. The van der Waals surface area contributed by atoms with E-state index >= 15 is 0 Å². The van der Waals surface area contributed by atoms with Gasteiger partial charge in [-0.25, -0.2) is 9.97 Å². The molecule has 0 aliphatic heterocycles. The van der Waals surface area contributed by atoms with Gasteiger partial charge in [0, 0.05) is 22.6 Å². The lowest BCUT2D eigenvalue weighted by molar-refractivity contribution is -0.142. The van der Waals surface area contributed by atoms with Crippen LogP contribution >= 0.6 is 15.9 Å². The van der Waals surface area contributed by atoms with Gasteiger partial charge in [-0.15, -0.1) is 0 Å². The average Bonchev–Trinajstić information content (AvgIpc) is 2.46. The van der Waals surface area contributed by atoms with Gasteiger partial charge in [-0.1, -0.05) is 0 Å². The Morgan fingerprint density at radius 2 is 2.25 bits per heavy atom. The molecule has 0 spiro atoms. The molecule has 102 valence electrons. The van der Waals surface area contributed by atoms with Crippen molar-refractivity contribution in [3.63, 3.8) is 0 Å². The number of carboxylic acid groups (broad SMARTS) is 1. The summed E-state index contributed by atoms with van der Waals surface area (Å²) < 4.78 is 0.846. The molecule has 20 heavy (non-hydrogen) atoms. The van der Waals surface area contributed by atoms with Crippen molar-refractivity contribution in [1.82, 2.24) is 15.0 Å². The van der Waals surface area contributed by atoms with Crippen LogP contribution in [0.1, 0.15) is 17.7 Å². The molecule has 1 N–H and O–H groups in total. The Balaban J connectivity index is 1.96. The molecule has 0 amide bonds. The first-order valence-electron chi connectivity index (χ1n) is 6.33. The number of aryl methyl sites for hydroxylation is 1. The second-order valence-corrected chi connectivity index (χ2v) is 5.63. The second-order valence-electron chi connectivity index (χ2n) is 4.78. The fourth-order valence-corrected chi connectivity index (χ4v) is 2.81. The first kappa shape index (κ1) is 13.2. The van der Waals surface area contributed by atoms with Crippen molar-refractivity contribution >= 4 is 21.9 Å². The van der Waals surface area contributed by atoms with Crippen LogP contribution in [0.2, 0.25) is 0 Å². The zero-order chi connectivity index (χ0) is 14.1. The Morgan fingerprint density at radius 3 is 3.00 bits per heavy atom. The number of nitrogens with zero attached hydrogens (tertiary/aromatic N) is 3. The highest BCUT2D eigenvalue weighted by Crippen LogP contribution is 2.27. The summed E-state index contributed by atoms with van der Waals surface area (Å²) in [6.07, 6.45) is 5.24. The number of carbonyl (C=O) groups is 1. The Labute approximate surface area is 124 Å². The van der Waals surface area contributed by atoms with E-state index in [1.165, 1.54) is 0 Å². The molecular formula is C14H12BrN3O2. The van der Waals surface area contributed by atoms with E-state index in [4.69, 9.17) is 5.11 Å². The Kier molecular flexibility index (Phi) is 3.48. The number of hydrogen-bond acceptors (Lipinski definition) is 4. The molecule has 1 aliphatic rings. The maximum Gasteiger partial charge on any atom is 0.306 e. The molecule has 1 unspecified atom stereocenters. The summed E-state index contributed by atoms with van der Waals surface area (Å²) in [5, 5.41) is 9.08. The van der Waals surface area contributed by atoms with Crippen LogP contribution < -0.4 is 0 Å². The van der Waals surface area contributed by atoms with E-state index in [-0.39, 0.29) is 5.92 Å². The minimum atomic E-state index is -0.743. The van der Waals surface area contributed by atoms with Gasteiger partial charge in [-0.05, 0) is 52.9 Å². The molecular weight excluding hydrogens is 322 g/mol. The van der Waals surface area contributed by atoms with Crippen LogP contribution in [0.3, 0.4) is 0 Å². The summed E-state index contributed by atoms with van der Waals surface area (Å²) in [6.45, 7) is 0.